The Bertz CT molecular complexity index is 498. The molecule has 116 valence electrons. The topological polar surface area (TPSA) is 49.8 Å². The minimum absolute atomic E-state index is 0.123. The Kier molecular flexibility index (Phi) is 4.96. The van der Waals surface area contributed by atoms with Crippen LogP contribution >= 0.6 is 0 Å². The number of nitrogens with zero attached hydrogens (tertiary/aromatic N) is 1. The molecule has 1 aliphatic rings. The molecular weight excluding hydrogens is 273 g/mol. The highest BCUT2D eigenvalue weighted by Crippen LogP contribution is 2.29. The number of ether oxygens (including phenoxy) is 1. The molecule has 0 saturated carbocycles. The fourth-order valence-electron chi connectivity index (χ4n) is 2.77. The number of hydrogen-bond acceptors (Lipinski definition) is 3. The Morgan fingerprint density at radius 2 is 2.05 bits per heavy atom. The van der Waals surface area contributed by atoms with Gasteiger partial charge in [-0.05, 0) is 25.8 Å². The molecule has 2 rings (SSSR count). The van der Waals surface area contributed by atoms with Crippen molar-refractivity contribution in [3.05, 3.63) is 35.6 Å². The van der Waals surface area contributed by atoms with Crippen LogP contribution in [0.5, 0.6) is 0 Å². The highest BCUT2D eigenvalue weighted by molar-refractivity contribution is 5.84. The lowest BCUT2D eigenvalue weighted by Crippen LogP contribution is -2.51. The van der Waals surface area contributed by atoms with Crippen LogP contribution in [0, 0.1) is 11.7 Å². The summed E-state index contributed by atoms with van der Waals surface area (Å²) in [6.07, 6.45) is 1.32. The van der Waals surface area contributed by atoms with Crippen LogP contribution in [-0.2, 0) is 16.1 Å². The Labute approximate surface area is 124 Å². The van der Waals surface area contributed by atoms with Gasteiger partial charge in [0.2, 0.25) is 0 Å². The first-order chi connectivity index (χ1) is 9.93. The van der Waals surface area contributed by atoms with Crippen LogP contribution in [0.2, 0.25) is 0 Å². The smallest absolute Gasteiger partial charge is 0.254 e. The standard InChI is InChI=1S/C16H22FNO3/c1-16(20,13-7-9-21-10-8-13)15(19)18(2)11-12-5-3-4-6-14(12)17/h3-6,13,20H,7-11H2,1-2H3. The summed E-state index contributed by atoms with van der Waals surface area (Å²) in [6.45, 7) is 2.81. The van der Waals surface area contributed by atoms with Crippen molar-refractivity contribution in [2.24, 2.45) is 5.92 Å². The summed E-state index contributed by atoms with van der Waals surface area (Å²) in [4.78, 5) is 13.9. The van der Waals surface area contributed by atoms with Gasteiger partial charge >= 0.3 is 0 Å². The van der Waals surface area contributed by atoms with Crippen LogP contribution in [0.4, 0.5) is 4.39 Å². The van der Waals surface area contributed by atoms with Crippen molar-refractivity contribution in [2.75, 3.05) is 20.3 Å². The second-order valence-electron chi connectivity index (χ2n) is 5.79. The summed E-state index contributed by atoms with van der Waals surface area (Å²) in [6, 6.07) is 6.35. The van der Waals surface area contributed by atoms with Gasteiger partial charge in [-0.1, -0.05) is 18.2 Å². The number of likely N-dealkylation sites (N-methyl/N-ethyl adjacent to an activating group) is 1. The van der Waals surface area contributed by atoms with Crippen molar-refractivity contribution in [2.45, 2.75) is 31.9 Å². The Balaban J connectivity index is 2.05. The number of benzene rings is 1. The lowest BCUT2D eigenvalue weighted by atomic mass is 9.82. The van der Waals surface area contributed by atoms with E-state index in [1.165, 1.54) is 11.0 Å². The van der Waals surface area contributed by atoms with E-state index in [-0.39, 0.29) is 24.2 Å². The third-order valence-electron chi connectivity index (χ3n) is 4.16. The first kappa shape index (κ1) is 15.9. The number of amides is 1. The second-order valence-corrected chi connectivity index (χ2v) is 5.79. The number of aliphatic hydroxyl groups is 1. The predicted octanol–water partition coefficient (Wildman–Crippen LogP) is 1.96. The van der Waals surface area contributed by atoms with Crippen LogP contribution in [0.3, 0.4) is 0 Å². The maximum Gasteiger partial charge on any atom is 0.254 e. The van der Waals surface area contributed by atoms with Gasteiger partial charge in [-0.3, -0.25) is 4.79 Å². The molecule has 0 spiro atoms. The summed E-state index contributed by atoms with van der Waals surface area (Å²) in [5.41, 5.74) is -1.000. The van der Waals surface area contributed by atoms with Gasteiger partial charge in [-0.2, -0.15) is 0 Å². The van der Waals surface area contributed by atoms with Gasteiger partial charge in [0.25, 0.3) is 5.91 Å². The van der Waals surface area contributed by atoms with Crippen molar-refractivity contribution in [3.8, 4) is 0 Å². The zero-order chi connectivity index (χ0) is 15.5. The number of hydrogen-bond donors (Lipinski definition) is 1. The molecule has 5 heteroatoms. The third-order valence-corrected chi connectivity index (χ3v) is 4.16. The van der Waals surface area contributed by atoms with Crippen LogP contribution in [0.25, 0.3) is 0 Å². The van der Waals surface area contributed by atoms with Crippen molar-refractivity contribution in [3.63, 3.8) is 0 Å². The molecule has 1 saturated heterocycles. The molecule has 1 amide bonds. The maximum absolute atomic E-state index is 13.6. The largest absolute Gasteiger partial charge is 0.381 e. The molecule has 1 aromatic rings. The molecule has 1 heterocycles. The van der Waals surface area contributed by atoms with E-state index in [1.807, 2.05) is 0 Å². The first-order valence-electron chi connectivity index (χ1n) is 7.22. The summed E-state index contributed by atoms with van der Waals surface area (Å²) < 4.78 is 18.9. The van der Waals surface area contributed by atoms with E-state index in [0.29, 0.717) is 31.6 Å². The monoisotopic (exact) mass is 295 g/mol. The average Bonchev–Trinajstić information content (AvgIpc) is 2.49. The van der Waals surface area contributed by atoms with Gasteiger partial charge in [-0.25, -0.2) is 4.39 Å². The van der Waals surface area contributed by atoms with Crippen LogP contribution in [-0.4, -0.2) is 41.8 Å². The van der Waals surface area contributed by atoms with Crippen LogP contribution < -0.4 is 0 Å². The van der Waals surface area contributed by atoms with Crippen LogP contribution in [0.1, 0.15) is 25.3 Å². The number of rotatable bonds is 4. The molecule has 1 atom stereocenters. The van der Waals surface area contributed by atoms with E-state index in [1.54, 1.807) is 32.2 Å². The molecule has 1 aromatic carbocycles. The van der Waals surface area contributed by atoms with Crippen molar-refractivity contribution in [1.82, 2.24) is 4.90 Å². The maximum atomic E-state index is 13.6. The van der Waals surface area contributed by atoms with Gasteiger partial charge < -0.3 is 14.7 Å². The number of carbonyl (C=O) groups excluding carboxylic acids is 1. The fourth-order valence-corrected chi connectivity index (χ4v) is 2.77. The molecule has 4 nitrogen and oxygen atoms in total. The lowest BCUT2D eigenvalue weighted by Gasteiger charge is -2.36. The van der Waals surface area contributed by atoms with Crippen molar-refractivity contribution >= 4 is 5.91 Å². The van der Waals surface area contributed by atoms with E-state index in [9.17, 15) is 14.3 Å². The normalized spacial score (nSPS) is 19.0. The minimum atomic E-state index is -1.44. The van der Waals surface area contributed by atoms with Crippen molar-refractivity contribution in [1.29, 1.82) is 0 Å². The molecule has 21 heavy (non-hydrogen) atoms. The highest BCUT2D eigenvalue weighted by Gasteiger charge is 2.41. The Hall–Kier alpha value is -1.46. The Morgan fingerprint density at radius 1 is 1.43 bits per heavy atom. The zero-order valence-corrected chi connectivity index (χ0v) is 12.5. The van der Waals surface area contributed by atoms with Gasteiger partial charge in [0.05, 0.1) is 0 Å². The molecule has 0 aromatic heterocycles. The molecule has 1 fully saturated rings. The molecule has 1 unspecified atom stereocenters. The van der Waals surface area contributed by atoms with E-state index in [2.05, 4.69) is 0 Å². The minimum Gasteiger partial charge on any atom is -0.381 e. The van der Waals surface area contributed by atoms with Gasteiger partial charge in [0.15, 0.2) is 0 Å². The molecule has 0 radical (unpaired) electrons. The highest BCUT2D eigenvalue weighted by atomic mass is 19.1. The van der Waals surface area contributed by atoms with Gasteiger partial charge in [0.1, 0.15) is 11.4 Å². The third kappa shape index (κ3) is 3.60. The summed E-state index contributed by atoms with van der Waals surface area (Å²) in [5, 5.41) is 10.6. The lowest BCUT2D eigenvalue weighted by molar-refractivity contribution is -0.158. The quantitative estimate of drug-likeness (QED) is 0.924. The molecule has 1 N–H and O–H groups in total. The van der Waals surface area contributed by atoms with E-state index >= 15 is 0 Å². The molecule has 0 aliphatic carbocycles. The summed E-state index contributed by atoms with van der Waals surface area (Å²) in [5.74, 6) is -0.845. The first-order valence-corrected chi connectivity index (χ1v) is 7.22. The van der Waals surface area contributed by atoms with E-state index in [0.717, 1.165) is 0 Å². The number of carbonyl (C=O) groups is 1. The molecule has 0 bridgehead atoms. The zero-order valence-electron chi connectivity index (χ0n) is 12.5. The SMILES string of the molecule is CN(Cc1ccccc1F)C(=O)C(C)(O)C1CCOCC1. The molecule has 1 aliphatic heterocycles. The summed E-state index contributed by atoms with van der Waals surface area (Å²) in [7, 11) is 1.59. The average molecular weight is 295 g/mol. The van der Waals surface area contributed by atoms with Gasteiger partial charge in [-0.15, -0.1) is 0 Å². The molecular formula is C16H22FNO3. The second kappa shape index (κ2) is 6.54. The van der Waals surface area contributed by atoms with Gasteiger partial charge in [0, 0.05) is 38.3 Å². The summed E-state index contributed by atoms with van der Waals surface area (Å²) >= 11 is 0. The van der Waals surface area contributed by atoms with Crippen molar-refractivity contribution < 1.29 is 19.0 Å². The van der Waals surface area contributed by atoms with E-state index in [4.69, 9.17) is 4.74 Å². The van der Waals surface area contributed by atoms with E-state index < -0.39 is 5.60 Å². The van der Waals surface area contributed by atoms with Crippen LogP contribution in [0.15, 0.2) is 24.3 Å². The Morgan fingerprint density at radius 3 is 2.67 bits per heavy atom. The number of halogens is 1. The fraction of sp³-hybridized carbons (Fsp3) is 0.562. The predicted molar refractivity (Wildman–Crippen MR) is 77.0 cm³/mol.